The van der Waals surface area contributed by atoms with Crippen LogP contribution in [-0.4, -0.2) is 47.7 Å². The van der Waals surface area contributed by atoms with E-state index >= 15 is 0 Å². The molecule has 3 atom stereocenters. The molecule has 3 heterocycles. The van der Waals surface area contributed by atoms with Gasteiger partial charge >= 0.3 is 0 Å². The maximum atomic E-state index is 12.3. The number of nitrogens with zero attached hydrogens (tertiary/aromatic N) is 2. The van der Waals surface area contributed by atoms with Crippen LogP contribution in [0.15, 0.2) is 17.2 Å². The largest absolute Gasteiger partial charge is 0.368 e. The van der Waals surface area contributed by atoms with Crippen LogP contribution in [0.1, 0.15) is 26.2 Å². The van der Waals surface area contributed by atoms with E-state index in [9.17, 15) is 9.59 Å². The quantitative estimate of drug-likeness (QED) is 0.837. The lowest BCUT2D eigenvalue weighted by Crippen LogP contribution is -2.51. The number of hydrogen-bond donors (Lipinski definition) is 2. The van der Waals surface area contributed by atoms with E-state index in [1.165, 1.54) is 6.20 Å². The van der Waals surface area contributed by atoms with Crippen LogP contribution in [0.5, 0.6) is 0 Å². The van der Waals surface area contributed by atoms with Crippen molar-refractivity contribution < 1.29 is 9.53 Å². The summed E-state index contributed by atoms with van der Waals surface area (Å²) < 4.78 is 5.51. The molecule has 1 amide bonds. The van der Waals surface area contributed by atoms with Gasteiger partial charge < -0.3 is 19.9 Å². The molecule has 0 bridgehead atoms. The molecule has 3 rings (SSSR count). The molecule has 120 valence electrons. The van der Waals surface area contributed by atoms with Crippen molar-refractivity contribution in [3.63, 3.8) is 0 Å². The SMILES string of the molecule is C[C@@H]1CCO[C@@H]1C(=O)N[C@@H]1CCCN(c2ncc[nH]c2=O)C1. The summed E-state index contributed by atoms with van der Waals surface area (Å²) in [4.78, 5) is 32.9. The van der Waals surface area contributed by atoms with Gasteiger partial charge in [-0.2, -0.15) is 0 Å². The highest BCUT2D eigenvalue weighted by atomic mass is 16.5. The van der Waals surface area contributed by atoms with E-state index in [1.54, 1.807) is 6.20 Å². The van der Waals surface area contributed by atoms with Crippen LogP contribution < -0.4 is 15.8 Å². The highest BCUT2D eigenvalue weighted by Crippen LogP contribution is 2.21. The number of aromatic nitrogens is 2. The first-order chi connectivity index (χ1) is 10.6. The molecule has 7 nitrogen and oxygen atoms in total. The van der Waals surface area contributed by atoms with Crippen LogP contribution in [0.3, 0.4) is 0 Å². The fourth-order valence-corrected chi connectivity index (χ4v) is 3.17. The summed E-state index contributed by atoms with van der Waals surface area (Å²) in [5.41, 5.74) is -0.192. The molecular formula is C15H22N4O3. The predicted molar refractivity (Wildman–Crippen MR) is 81.8 cm³/mol. The van der Waals surface area contributed by atoms with Crippen LogP contribution in [0.25, 0.3) is 0 Å². The van der Waals surface area contributed by atoms with E-state index < -0.39 is 0 Å². The number of nitrogens with one attached hydrogen (secondary N) is 2. The molecule has 0 unspecified atom stereocenters. The molecule has 2 N–H and O–H groups in total. The van der Waals surface area contributed by atoms with Crippen LogP contribution in [0, 0.1) is 5.92 Å². The Morgan fingerprint density at radius 3 is 3.09 bits per heavy atom. The van der Waals surface area contributed by atoms with E-state index in [0.29, 0.717) is 19.0 Å². The summed E-state index contributed by atoms with van der Waals surface area (Å²) >= 11 is 0. The average molecular weight is 306 g/mol. The number of rotatable bonds is 3. The van der Waals surface area contributed by atoms with E-state index in [-0.39, 0.29) is 29.5 Å². The van der Waals surface area contributed by atoms with Crippen molar-refractivity contribution in [1.29, 1.82) is 0 Å². The Morgan fingerprint density at radius 2 is 2.36 bits per heavy atom. The van der Waals surface area contributed by atoms with Gasteiger partial charge in [-0.1, -0.05) is 6.92 Å². The third-order valence-electron chi connectivity index (χ3n) is 4.40. The zero-order valence-corrected chi connectivity index (χ0v) is 12.7. The monoisotopic (exact) mass is 306 g/mol. The van der Waals surface area contributed by atoms with Gasteiger partial charge in [0.2, 0.25) is 5.91 Å². The van der Waals surface area contributed by atoms with Gasteiger partial charge in [-0.25, -0.2) is 4.98 Å². The third-order valence-corrected chi connectivity index (χ3v) is 4.40. The Bertz CT molecular complexity index is 588. The standard InChI is InChI=1S/C15H22N4O3/c1-10-4-8-22-12(10)14(20)18-11-3-2-7-19(9-11)13-15(21)17-6-5-16-13/h5-6,10-12H,2-4,7-9H2,1H3,(H,17,21)(H,18,20)/t10-,11-,12+/m1/s1. The molecule has 0 aliphatic carbocycles. The molecule has 22 heavy (non-hydrogen) atoms. The molecule has 1 aromatic heterocycles. The third kappa shape index (κ3) is 3.14. The zero-order valence-electron chi connectivity index (χ0n) is 12.7. The number of piperidine rings is 1. The van der Waals surface area contributed by atoms with Gasteiger partial charge in [-0.05, 0) is 25.2 Å². The Labute approximate surface area is 129 Å². The molecule has 0 spiro atoms. The summed E-state index contributed by atoms with van der Waals surface area (Å²) in [5, 5.41) is 3.06. The average Bonchev–Trinajstić information content (AvgIpc) is 2.94. The topological polar surface area (TPSA) is 87.3 Å². The number of H-pyrrole nitrogens is 1. The number of aromatic amines is 1. The van der Waals surface area contributed by atoms with Crippen LogP contribution in [0.4, 0.5) is 5.82 Å². The van der Waals surface area contributed by atoms with Gasteiger partial charge in [0.15, 0.2) is 5.82 Å². The van der Waals surface area contributed by atoms with Crippen molar-refractivity contribution in [3.8, 4) is 0 Å². The fourth-order valence-electron chi connectivity index (χ4n) is 3.17. The number of carbonyl (C=O) groups is 1. The fraction of sp³-hybridized carbons (Fsp3) is 0.667. The van der Waals surface area contributed by atoms with Crippen molar-refractivity contribution in [2.45, 2.75) is 38.3 Å². The first kappa shape index (κ1) is 15.0. The smallest absolute Gasteiger partial charge is 0.290 e. The van der Waals surface area contributed by atoms with Gasteiger partial charge in [0, 0.05) is 38.1 Å². The number of anilines is 1. The number of amides is 1. The van der Waals surface area contributed by atoms with Crippen LogP contribution in [0.2, 0.25) is 0 Å². The minimum atomic E-state index is -0.339. The molecule has 7 heteroatoms. The summed E-state index contributed by atoms with van der Waals surface area (Å²) in [6.07, 6.45) is 5.52. The predicted octanol–water partition coefficient (Wildman–Crippen LogP) is 0.280. The molecule has 0 radical (unpaired) electrons. The molecule has 2 aliphatic heterocycles. The molecule has 2 aliphatic rings. The molecular weight excluding hydrogens is 284 g/mol. The Hall–Kier alpha value is -1.89. The van der Waals surface area contributed by atoms with Gasteiger partial charge in [0.05, 0.1) is 0 Å². The van der Waals surface area contributed by atoms with Crippen molar-refractivity contribution in [1.82, 2.24) is 15.3 Å². The van der Waals surface area contributed by atoms with Gasteiger partial charge in [-0.15, -0.1) is 0 Å². The highest BCUT2D eigenvalue weighted by Gasteiger charge is 2.33. The summed E-state index contributed by atoms with van der Waals surface area (Å²) in [5.74, 6) is 0.650. The van der Waals surface area contributed by atoms with Crippen LogP contribution >= 0.6 is 0 Å². The molecule has 2 saturated heterocycles. The van der Waals surface area contributed by atoms with Crippen molar-refractivity contribution >= 4 is 11.7 Å². The first-order valence-electron chi connectivity index (χ1n) is 7.86. The maximum Gasteiger partial charge on any atom is 0.290 e. The lowest BCUT2D eigenvalue weighted by molar-refractivity contribution is -0.132. The van der Waals surface area contributed by atoms with E-state index in [2.05, 4.69) is 15.3 Å². The summed E-state index contributed by atoms with van der Waals surface area (Å²) in [6.45, 7) is 4.08. The Morgan fingerprint density at radius 1 is 1.50 bits per heavy atom. The molecule has 2 fully saturated rings. The molecule has 0 saturated carbocycles. The number of carbonyl (C=O) groups excluding carboxylic acids is 1. The highest BCUT2D eigenvalue weighted by molar-refractivity contribution is 5.81. The minimum absolute atomic E-state index is 0.0269. The summed E-state index contributed by atoms with van der Waals surface area (Å²) in [7, 11) is 0. The van der Waals surface area contributed by atoms with Crippen molar-refractivity contribution in [3.05, 3.63) is 22.7 Å². The Balaban J connectivity index is 1.62. The van der Waals surface area contributed by atoms with Gasteiger partial charge in [0.1, 0.15) is 6.10 Å². The van der Waals surface area contributed by atoms with Gasteiger partial charge in [0.25, 0.3) is 5.56 Å². The number of hydrogen-bond acceptors (Lipinski definition) is 5. The van der Waals surface area contributed by atoms with E-state index in [1.807, 2.05) is 11.8 Å². The molecule has 1 aromatic rings. The second-order valence-electron chi connectivity index (χ2n) is 6.09. The Kier molecular flexibility index (Phi) is 4.42. The summed E-state index contributed by atoms with van der Waals surface area (Å²) in [6, 6.07) is 0.0269. The normalized spacial score (nSPS) is 28.6. The van der Waals surface area contributed by atoms with E-state index in [0.717, 1.165) is 25.8 Å². The van der Waals surface area contributed by atoms with Gasteiger partial charge in [-0.3, -0.25) is 9.59 Å². The maximum absolute atomic E-state index is 12.3. The lowest BCUT2D eigenvalue weighted by atomic mass is 10.0. The van der Waals surface area contributed by atoms with E-state index in [4.69, 9.17) is 4.74 Å². The second-order valence-corrected chi connectivity index (χ2v) is 6.09. The molecule has 0 aromatic carbocycles. The first-order valence-corrected chi connectivity index (χ1v) is 7.86. The second kappa shape index (κ2) is 6.48. The van der Waals surface area contributed by atoms with Crippen LogP contribution in [-0.2, 0) is 9.53 Å². The minimum Gasteiger partial charge on any atom is -0.368 e. The number of ether oxygens (including phenoxy) is 1. The lowest BCUT2D eigenvalue weighted by Gasteiger charge is -2.34. The van der Waals surface area contributed by atoms with Crippen molar-refractivity contribution in [2.75, 3.05) is 24.6 Å². The van der Waals surface area contributed by atoms with Crippen molar-refractivity contribution in [2.24, 2.45) is 5.92 Å². The zero-order chi connectivity index (χ0) is 15.5.